The fourth-order valence-corrected chi connectivity index (χ4v) is 9.18. The number of carbonyl (C=O) groups excluding carboxylic acids is 1. The topological polar surface area (TPSA) is 110 Å². The van der Waals surface area contributed by atoms with Gasteiger partial charge in [0, 0.05) is 11.1 Å². The predicted octanol–water partition coefficient (Wildman–Crippen LogP) is 6.82. The molecule has 1 aromatic rings. The van der Waals surface area contributed by atoms with Crippen molar-refractivity contribution in [2.75, 3.05) is 38.8 Å². The van der Waals surface area contributed by atoms with E-state index in [9.17, 15) is 13.9 Å². The van der Waals surface area contributed by atoms with Gasteiger partial charge < -0.3 is 27.2 Å². The average Bonchev–Trinajstić information content (AvgIpc) is 3.20. The van der Waals surface area contributed by atoms with E-state index in [0.29, 0.717) is 16.9 Å². The van der Waals surface area contributed by atoms with Crippen molar-refractivity contribution in [3.8, 4) is 0 Å². The van der Waals surface area contributed by atoms with Crippen LogP contribution in [0, 0.1) is 0 Å². The highest BCUT2D eigenvalue weighted by Gasteiger charge is 2.48. The number of thioether (sulfide) groups is 1. The summed E-state index contributed by atoms with van der Waals surface area (Å²) in [6.07, 6.45) is 4.51. The Bertz CT molecular complexity index is 794. The minimum absolute atomic E-state index is 0.107. The Morgan fingerprint density at radius 2 is 1.50 bits per heavy atom. The maximum atomic E-state index is 14.1. The Hall–Kier alpha value is -0.600. The monoisotopic (exact) mass is 542 g/mol. The summed E-state index contributed by atoms with van der Waals surface area (Å²) >= 11 is 1.35. The van der Waals surface area contributed by atoms with Crippen LogP contribution in [-0.4, -0.2) is 50.0 Å². The van der Waals surface area contributed by atoms with E-state index in [1.807, 2.05) is 0 Å². The zero-order valence-electron chi connectivity index (χ0n) is 21.2. The number of rotatable bonds is 19. The first-order valence-corrected chi connectivity index (χ1v) is 16.2. The molecule has 0 saturated heterocycles. The van der Waals surface area contributed by atoms with E-state index in [0.717, 1.165) is 12.8 Å². The molecule has 1 rings (SSSR count). The van der Waals surface area contributed by atoms with Crippen LogP contribution >= 0.6 is 27.0 Å². The lowest BCUT2D eigenvalue weighted by atomic mass is 10.1. The number of carbonyl (C=O) groups is 1. The zero-order chi connectivity index (χ0) is 25.6. The molecule has 0 aliphatic carbocycles. The molecule has 9 nitrogen and oxygen atoms in total. The maximum Gasteiger partial charge on any atom is 0.339 e. The molecule has 0 amide bonds. The molecule has 0 fully saturated rings. The average molecular weight is 543 g/mol. The standard InChI is InChI=1S/C22H40O9P2S/c1-7-13-14-34-21(22(23)27-8-2)20(33(25,30-11-5)31-12-6)19-16-26-15-18(19)17-32(24,28-9-3)29-10-4/h15-16,20-21H,7-14,17H2,1-6H3. The van der Waals surface area contributed by atoms with E-state index >= 15 is 0 Å². The fourth-order valence-electron chi connectivity index (χ4n) is 3.38. The molecule has 0 radical (unpaired) electrons. The molecular weight excluding hydrogens is 502 g/mol. The molecule has 0 aromatic carbocycles. The summed E-state index contributed by atoms with van der Waals surface area (Å²) in [5.74, 6) is 0.136. The van der Waals surface area contributed by atoms with Crippen LogP contribution in [0.5, 0.6) is 0 Å². The highest BCUT2D eigenvalue weighted by molar-refractivity contribution is 8.00. The lowest BCUT2D eigenvalue weighted by molar-refractivity contribution is -0.142. The van der Waals surface area contributed by atoms with Gasteiger partial charge in [0.25, 0.3) is 0 Å². The number of esters is 1. The van der Waals surface area contributed by atoms with Crippen molar-refractivity contribution >= 4 is 32.9 Å². The van der Waals surface area contributed by atoms with Gasteiger partial charge in [-0.1, -0.05) is 13.3 Å². The van der Waals surface area contributed by atoms with Crippen LogP contribution in [0.3, 0.4) is 0 Å². The molecule has 12 heteroatoms. The highest BCUT2D eigenvalue weighted by atomic mass is 32.2. The summed E-state index contributed by atoms with van der Waals surface area (Å²) < 4.78 is 60.5. The van der Waals surface area contributed by atoms with Crippen molar-refractivity contribution in [3.63, 3.8) is 0 Å². The van der Waals surface area contributed by atoms with E-state index in [-0.39, 0.29) is 39.2 Å². The minimum Gasteiger partial charge on any atom is -0.472 e. The SMILES string of the molecule is CCCCSC(C(=O)OCC)C(c1cocc1CP(=O)(OCC)OCC)P(=O)(OCC)OCC. The summed E-state index contributed by atoms with van der Waals surface area (Å²) in [6.45, 7) is 11.4. The molecule has 34 heavy (non-hydrogen) atoms. The van der Waals surface area contributed by atoms with E-state index < -0.39 is 32.1 Å². The number of hydrogen-bond acceptors (Lipinski definition) is 10. The van der Waals surface area contributed by atoms with Crippen molar-refractivity contribution in [1.82, 2.24) is 0 Å². The van der Waals surface area contributed by atoms with E-state index in [1.165, 1.54) is 24.3 Å². The van der Waals surface area contributed by atoms with Gasteiger partial charge >= 0.3 is 21.2 Å². The third-order valence-electron chi connectivity index (χ3n) is 4.67. The third kappa shape index (κ3) is 9.12. The summed E-state index contributed by atoms with van der Waals surface area (Å²) in [5.41, 5.74) is -0.161. The normalized spacial score (nSPS) is 14.2. The van der Waals surface area contributed by atoms with Crippen LogP contribution in [0.15, 0.2) is 16.9 Å². The number of ether oxygens (including phenoxy) is 1. The van der Waals surface area contributed by atoms with Crippen LogP contribution in [0.4, 0.5) is 0 Å². The van der Waals surface area contributed by atoms with Crippen molar-refractivity contribution < 1.29 is 41.2 Å². The van der Waals surface area contributed by atoms with Crippen LogP contribution in [-0.2, 0) is 42.9 Å². The third-order valence-corrected chi connectivity index (χ3v) is 10.7. The molecule has 198 valence electrons. The van der Waals surface area contributed by atoms with Gasteiger partial charge in [0.1, 0.15) is 10.9 Å². The minimum atomic E-state index is -3.88. The van der Waals surface area contributed by atoms with E-state index in [4.69, 9.17) is 27.2 Å². The van der Waals surface area contributed by atoms with Gasteiger partial charge in [-0.3, -0.25) is 13.9 Å². The zero-order valence-corrected chi connectivity index (χ0v) is 23.8. The van der Waals surface area contributed by atoms with Crippen LogP contribution in [0.1, 0.15) is 71.2 Å². The van der Waals surface area contributed by atoms with Gasteiger partial charge in [-0.2, -0.15) is 0 Å². The molecule has 1 heterocycles. The Morgan fingerprint density at radius 1 is 0.912 bits per heavy atom. The summed E-state index contributed by atoms with van der Waals surface area (Å²) in [6, 6.07) is 0. The summed E-state index contributed by atoms with van der Waals surface area (Å²) in [7, 11) is -7.38. The van der Waals surface area contributed by atoms with Gasteiger partial charge in [0.2, 0.25) is 0 Å². The molecule has 1 aromatic heterocycles. The second-order valence-electron chi connectivity index (χ2n) is 7.17. The van der Waals surface area contributed by atoms with Gasteiger partial charge in [0.05, 0.1) is 51.7 Å². The number of unbranched alkanes of at least 4 members (excludes halogenated alkanes) is 1. The second-order valence-corrected chi connectivity index (χ2v) is 12.6. The maximum absolute atomic E-state index is 14.1. The Labute approximate surface area is 208 Å². The second kappa shape index (κ2) is 16.2. The van der Waals surface area contributed by atoms with E-state index in [2.05, 4.69) is 6.92 Å². The molecular formula is C22H40O9P2S. The molecule has 0 aliphatic heterocycles. The summed E-state index contributed by atoms with van der Waals surface area (Å²) in [5, 5.41) is -0.884. The highest BCUT2D eigenvalue weighted by Crippen LogP contribution is 2.65. The summed E-state index contributed by atoms with van der Waals surface area (Å²) in [4.78, 5) is 13.1. The van der Waals surface area contributed by atoms with Crippen molar-refractivity contribution in [1.29, 1.82) is 0 Å². The Kier molecular flexibility index (Phi) is 15.0. The molecule has 2 atom stereocenters. The molecule has 0 spiro atoms. The van der Waals surface area contributed by atoms with Gasteiger partial charge in [-0.05, 0) is 46.8 Å². The van der Waals surface area contributed by atoms with Gasteiger partial charge in [-0.25, -0.2) is 0 Å². The van der Waals surface area contributed by atoms with Gasteiger partial charge in [-0.15, -0.1) is 11.8 Å². The van der Waals surface area contributed by atoms with Crippen LogP contribution < -0.4 is 0 Å². The first-order valence-electron chi connectivity index (χ1n) is 11.9. The van der Waals surface area contributed by atoms with Crippen LogP contribution in [0.25, 0.3) is 0 Å². The quantitative estimate of drug-likeness (QED) is 0.105. The predicted molar refractivity (Wildman–Crippen MR) is 135 cm³/mol. The lowest BCUT2D eigenvalue weighted by Gasteiger charge is -2.31. The largest absolute Gasteiger partial charge is 0.472 e. The Morgan fingerprint density at radius 3 is 2.00 bits per heavy atom. The first kappa shape index (κ1) is 31.4. The smallest absolute Gasteiger partial charge is 0.339 e. The molecule has 0 N–H and O–H groups in total. The van der Waals surface area contributed by atoms with Crippen molar-refractivity contribution in [2.45, 2.75) is 71.5 Å². The fraction of sp³-hybridized carbons (Fsp3) is 0.773. The molecule has 0 aliphatic rings. The lowest BCUT2D eigenvalue weighted by Crippen LogP contribution is -2.29. The molecule has 0 saturated carbocycles. The van der Waals surface area contributed by atoms with Crippen molar-refractivity contribution in [2.24, 2.45) is 0 Å². The number of furan rings is 1. The molecule has 0 bridgehead atoms. The van der Waals surface area contributed by atoms with Gasteiger partial charge in [0.15, 0.2) is 0 Å². The van der Waals surface area contributed by atoms with Crippen LogP contribution in [0.2, 0.25) is 0 Å². The first-order chi connectivity index (χ1) is 16.3. The Balaban J connectivity index is 3.63. The van der Waals surface area contributed by atoms with Crippen molar-refractivity contribution in [3.05, 3.63) is 23.7 Å². The molecule has 2 unspecified atom stereocenters. The van der Waals surface area contributed by atoms with E-state index in [1.54, 1.807) is 34.6 Å². The number of hydrogen-bond donors (Lipinski definition) is 0.